The largest absolute Gasteiger partial charge is 0.393 e. The van der Waals surface area contributed by atoms with Gasteiger partial charge in [-0.1, -0.05) is 20.8 Å². The van der Waals surface area contributed by atoms with E-state index in [2.05, 4.69) is 25.7 Å². The SMILES string of the molecule is CC1CC(N2CCC(O)CC2)CC(C)(C)C1. The third-order valence-electron chi connectivity index (χ3n) is 4.38. The molecule has 1 saturated heterocycles. The molecule has 1 heterocycles. The van der Waals surface area contributed by atoms with Crippen molar-refractivity contribution in [1.82, 2.24) is 4.90 Å². The van der Waals surface area contributed by atoms with Gasteiger partial charge in [0.1, 0.15) is 0 Å². The van der Waals surface area contributed by atoms with Gasteiger partial charge in [0.15, 0.2) is 0 Å². The lowest BCUT2D eigenvalue weighted by atomic mass is 9.70. The molecule has 1 aliphatic carbocycles. The van der Waals surface area contributed by atoms with Crippen LogP contribution in [0.15, 0.2) is 0 Å². The lowest BCUT2D eigenvalue weighted by molar-refractivity contribution is 0.0186. The van der Waals surface area contributed by atoms with Gasteiger partial charge in [0, 0.05) is 19.1 Å². The van der Waals surface area contributed by atoms with Crippen LogP contribution in [0.2, 0.25) is 0 Å². The maximum atomic E-state index is 9.55. The van der Waals surface area contributed by atoms with Crippen molar-refractivity contribution in [3.05, 3.63) is 0 Å². The topological polar surface area (TPSA) is 23.5 Å². The fourth-order valence-corrected chi connectivity index (χ4v) is 3.82. The Morgan fingerprint density at radius 1 is 1.12 bits per heavy atom. The van der Waals surface area contributed by atoms with E-state index in [1.807, 2.05) is 0 Å². The molecular formula is C14H27NO. The Labute approximate surface area is 100 Å². The van der Waals surface area contributed by atoms with Crippen LogP contribution < -0.4 is 0 Å². The summed E-state index contributed by atoms with van der Waals surface area (Å²) in [6, 6.07) is 0.770. The lowest BCUT2D eigenvalue weighted by Gasteiger charge is -2.45. The van der Waals surface area contributed by atoms with E-state index in [4.69, 9.17) is 0 Å². The summed E-state index contributed by atoms with van der Waals surface area (Å²) in [5.41, 5.74) is 0.512. The van der Waals surface area contributed by atoms with Crippen molar-refractivity contribution in [2.24, 2.45) is 11.3 Å². The molecule has 0 spiro atoms. The van der Waals surface area contributed by atoms with Crippen LogP contribution in [0.3, 0.4) is 0 Å². The van der Waals surface area contributed by atoms with Crippen molar-refractivity contribution in [1.29, 1.82) is 0 Å². The number of aliphatic hydroxyl groups excluding tert-OH is 1. The Morgan fingerprint density at radius 3 is 2.31 bits per heavy atom. The number of aliphatic hydroxyl groups is 1. The quantitative estimate of drug-likeness (QED) is 0.741. The maximum Gasteiger partial charge on any atom is 0.0564 e. The van der Waals surface area contributed by atoms with E-state index in [9.17, 15) is 5.11 Å². The fraction of sp³-hybridized carbons (Fsp3) is 1.00. The van der Waals surface area contributed by atoms with Crippen LogP contribution in [0.1, 0.15) is 52.9 Å². The van der Waals surface area contributed by atoms with E-state index in [1.165, 1.54) is 19.3 Å². The Balaban J connectivity index is 1.93. The highest BCUT2D eigenvalue weighted by Gasteiger charge is 2.35. The zero-order valence-electron chi connectivity index (χ0n) is 11.1. The first-order valence-corrected chi connectivity index (χ1v) is 6.88. The average molecular weight is 225 g/mol. The molecule has 0 bridgehead atoms. The zero-order valence-corrected chi connectivity index (χ0v) is 11.1. The minimum atomic E-state index is -0.0368. The molecule has 2 nitrogen and oxygen atoms in total. The Bertz CT molecular complexity index is 231. The second-order valence-electron chi connectivity index (χ2n) is 6.83. The normalized spacial score (nSPS) is 37.5. The molecule has 2 rings (SSSR count). The predicted octanol–water partition coefficient (Wildman–Crippen LogP) is 2.66. The predicted molar refractivity (Wildman–Crippen MR) is 67.4 cm³/mol. The molecule has 0 amide bonds. The number of nitrogens with zero attached hydrogens (tertiary/aromatic N) is 1. The number of hydrogen-bond acceptors (Lipinski definition) is 2. The van der Waals surface area contributed by atoms with Crippen molar-refractivity contribution in [3.8, 4) is 0 Å². The van der Waals surface area contributed by atoms with Gasteiger partial charge in [0.2, 0.25) is 0 Å². The Hall–Kier alpha value is -0.0800. The van der Waals surface area contributed by atoms with Gasteiger partial charge in [-0.15, -0.1) is 0 Å². The molecular weight excluding hydrogens is 198 g/mol. The van der Waals surface area contributed by atoms with Crippen LogP contribution in [-0.4, -0.2) is 35.2 Å². The molecule has 2 heteroatoms. The van der Waals surface area contributed by atoms with Crippen molar-refractivity contribution in [2.75, 3.05) is 13.1 Å². The summed E-state index contributed by atoms with van der Waals surface area (Å²) in [6.07, 6.45) is 5.99. The van der Waals surface area contributed by atoms with Crippen molar-refractivity contribution < 1.29 is 5.11 Å². The molecule has 2 atom stereocenters. The summed E-state index contributed by atoms with van der Waals surface area (Å²) in [4.78, 5) is 2.63. The third kappa shape index (κ3) is 2.98. The van der Waals surface area contributed by atoms with E-state index in [0.717, 1.165) is 37.9 Å². The third-order valence-corrected chi connectivity index (χ3v) is 4.38. The highest BCUT2D eigenvalue weighted by molar-refractivity contribution is 4.89. The highest BCUT2D eigenvalue weighted by Crippen LogP contribution is 2.40. The number of hydrogen-bond donors (Lipinski definition) is 1. The molecule has 2 unspecified atom stereocenters. The lowest BCUT2D eigenvalue weighted by Crippen LogP contribution is -2.47. The summed E-state index contributed by atoms with van der Waals surface area (Å²) in [7, 11) is 0. The average Bonchev–Trinajstić information content (AvgIpc) is 2.15. The van der Waals surface area contributed by atoms with Gasteiger partial charge in [0.05, 0.1) is 6.10 Å². The van der Waals surface area contributed by atoms with Crippen molar-refractivity contribution in [3.63, 3.8) is 0 Å². The highest BCUT2D eigenvalue weighted by atomic mass is 16.3. The van der Waals surface area contributed by atoms with Gasteiger partial charge in [0.25, 0.3) is 0 Å². The van der Waals surface area contributed by atoms with E-state index in [0.29, 0.717) is 5.41 Å². The molecule has 2 aliphatic rings. The van der Waals surface area contributed by atoms with Crippen molar-refractivity contribution in [2.45, 2.75) is 65.0 Å². The minimum Gasteiger partial charge on any atom is -0.393 e. The Morgan fingerprint density at radius 2 is 1.75 bits per heavy atom. The molecule has 2 fully saturated rings. The molecule has 0 aromatic carbocycles. The van der Waals surface area contributed by atoms with Crippen LogP contribution >= 0.6 is 0 Å². The smallest absolute Gasteiger partial charge is 0.0564 e. The van der Waals surface area contributed by atoms with E-state index in [-0.39, 0.29) is 6.10 Å². The number of likely N-dealkylation sites (tertiary alicyclic amines) is 1. The zero-order chi connectivity index (χ0) is 11.8. The van der Waals surface area contributed by atoms with Gasteiger partial charge < -0.3 is 10.0 Å². The van der Waals surface area contributed by atoms with Crippen molar-refractivity contribution >= 4 is 0 Å². The van der Waals surface area contributed by atoms with E-state index < -0.39 is 0 Å². The van der Waals surface area contributed by atoms with Crippen LogP contribution in [-0.2, 0) is 0 Å². The summed E-state index contributed by atoms with van der Waals surface area (Å²) >= 11 is 0. The summed E-state index contributed by atoms with van der Waals surface area (Å²) in [5, 5.41) is 9.55. The van der Waals surface area contributed by atoms with Gasteiger partial charge in [-0.05, 0) is 43.4 Å². The van der Waals surface area contributed by atoms with Gasteiger partial charge in [-0.2, -0.15) is 0 Å². The minimum absolute atomic E-state index is 0.0368. The van der Waals surface area contributed by atoms with Crippen LogP contribution in [0, 0.1) is 11.3 Å². The molecule has 94 valence electrons. The maximum absolute atomic E-state index is 9.55. The monoisotopic (exact) mass is 225 g/mol. The number of piperidine rings is 1. The first-order chi connectivity index (χ1) is 7.46. The molecule has 0 radical (unpaired) electrons. The Kier molecular flexibility index (Phi) is 3.60. The first kappa shape index (κ1) is 12.4. The molecule has 1 aliphatic heterocycles. The molecule has 1 saturated carbocycles. The van der Waals surface area contributed by atoms with E-state index >= 15 is 0 Å². The summed E-state index contributed by atoms with van der Waals surface area (Å²) in [5.74, 6) is 0.862. The molecule has 0 aromatic rings. The van der Waals surface area contributed by atoms with Crippen LogP contribution in [0.4, 0.5) is 0 Å². The second-order valence-corrected chi connectivity index (χ2v) is 6.83. The number of rotatable bonds is 1. The summed E-state index contributed by atoms with van der Waals surface area (Å²) < 4.78 is 0. The fourth-order valence-electron chi connectivity index (χ4n) is 3.82. The summed E-state index contributed by atoms with van der Waals surface area (Å²) in [6.45, 7) is 9.43. The molecule has 0 aromatic heterocycles. The standard InChI is InChI=1S/C14H27NO/c1-11-8-12(10-14(2,3)9-11)15-6-4-13(16)5-7-15/h11-13,16H,4-10H2,1-3H3. The van der Waals surface area contributed by atoms with Crippen LogP contribution in [0.5, 0.6) is 0 Å². The first-order valence-electron chi connectivity index (χ1n) is 6.88. The van der Waals surface area contributed by atoms with E-state index in [1.54, 1.807) is 0 Å². The molecule has 1 N–H and O–H groups in total. The second kappa shape index (κ2) is 4.66. The van der Waals surface area contributed by atoms with Gasteiger partial charge >= 0.3 is 0 Å². The van der Waals surface area contributed by atoms with Crippen LogP contribution in [0.25, 0.3) is 0 Å². The molecule has 16 heavy (non-hydrogen) atoms. The van der Waals surface area contributed by atoms with Gasteiger partial charge in [-0.25, -0.2) is 0 Å². The van der Waals surface area contributed by atoms with Gasteiger partial charge in [-0.3, -0.25) is 0 Å².